The monoisotopic (exact) mass is 367 g/mol. The number of nitrogens with one attached hydrogen (secondary N) is 1. The van der Waals surface area contributed by atoms with E-state index in [4.69, 9.17) is 0 Å². The van der Waals surface area contributed by atoms with Crippen LogP contribution in [0.3, 0.4) is 0 Å². The Bertz CT molecular complexity index is 1060. The highest BCUT2D eigenvalue weighted by molar-refractivity contribution is 8.04. The first-order chi connectivity index (χ1) is 12.6. The molecule has 2 nitrogen and oxygen atoms in total. The van der Waals surface area contributed by atoms with Gasteiger partial charge in [-0.05, 0) is 22.4 Å². The number of allylic oxidation sites excluding steroid dienone is 1. The van der Waals surface area contributed by atoms with E-state index >= 15 is 0 Å². The average Bonchev–Trinajstić information content (AvgIpc) is 3.00. The number of hydrogen-bond donors (Lipinski definition) is 1. The van der Waals surface area contributed by atoms with Crippen molar-refractivity contribution in [1.82, 2.24) is 5.32 Å². The maximum Gasteiger partial charge on any atom is 0.184 e. The Morgan fingerprint density at radius 3 is 2.50 bits per heavy atom. The summed E-state index contributed by atoms with van der Waals surface area (Å²) in [7, 11) is 1.68. The Balaban J connectivity index is 1.84. The van der Waals surface area contributed by atoms with Gasteiger partial charge in [-0.15, -0.1) is 0 Å². The minimum absolute atomic E-state index is 0.00501. The van der Waals surface area contributed by atoms with E-state index in [1.54, 1.807) is 7.05 Å². The molecular weight excluding hydrogens is 352 g/mol. The van der Waals surface area contributed by atoms with E-state index < -0.39 is 16.9 Å². The summed E-state index contributed by atoms with van der Waals surface area (Å²) in [5, 5.41) is 5.04. The van der Waals surface area contributed by atoms with Crippen molar-refractivity contribution in [2.75, 3.05) is 7.05 Å². The Hall–Kier alpha value is -2.66. The third-order valence-electron chi connectivity index (χ3n) is 4.50. The number of carbonyl (C=O) groups excluding carboxylic acids is 1. The van der Waals surface area contributed by atoms with E-state index in [9.17, 15) is 13.6 Å². The quantitative estimate of drug-likeness (QED) is 0.701. The van der Waals surface area contributed by atoms with Crippen molar-refractivity contribution in [3.63, 3.8) is 0 Å². The lowest BCUT2D eigenvalue weighted by Crippen LogP contribution is -2.09. The maximum absolute atomic E-state index is 14.3. The Kier molecular flexibility index (Phi) is 4.24. The standard InChI is InChI=1S/C21H15F2NOS/c1-24-21-17(15-10-5-11-16(22)18(15)23)19(25)20(26-21)14-9-4-7-12-6-2-3-8-13(12)14/h2-11,20,24H,1H3. The van der Waals surface area contributed by atoms with Gasteiger partial charge in [-0.2, -0.15) is 0 Å². The summed E-state index contributed by atoms with van der Waals surface area (Å²) < 4.78 is 28.0. The zero-order valence-electron chi connectivity index (χ0n) is 13.9. The van der Waals surface area contributed by atoms with Crippen molar-refractivity contribution in [3.05, 3.63) is 88.5 Å². The van der Waals surface area contributed by atoms with Gasteiger partial charge in [0.25, 0.3) is 0 Å². The molecule has 130 valence electrons. The van der Waals surface area contributed by atoms with Crippen LogP contribution in [0.4, 0.5) is 8.78 Å². The second-order valence-corrected chi connectivity index (χ2v) is 7.10. The Morgan fingerprint density at radius 1 is 0.962 bits per heavy atom. The van der Waals surface area contributed by atoms with Gasteiger partial charge in [-0.25, -0.2) is 8.78 Å². The number of benzene rings is 3. The van der Waals surface area contributed by atoms with Gasteiger partial charge in [0, 0.05) is 12.6 Å². The summed E-state index contributed by atoms with van der Waals surface area (Å²) >= 11 is 1.33. The minimum atomic E-state index is -0.997. The van der Waals surface area contributed by atoms with Crippen molar-refractivity contribution in [2.45, 2.75) is 5.25 Å². The van der Waals surface area contributed by atoms with Crippen LogP contribution in [0, 0.1) is 11.6 Å². The van der Waals surface area contributed by atoms with Crippen molar-refractivity contribution in [3.8, 4) is 0 Å². The van der Waals surface area contributed by atoms with Gasteiger partial charge in [-0.3, -0.25) is 4.79 Å². The van der Waals surface area contributed by atoms with Crippen LogP contribution in [-0.4, -0.2) is 12.8 Å². The van der Waals surface area contributed by atoms with E-state index in [-0.39, 0.29) is 16.9 Å². The highest BCUT2D eigenvalue weighted by Crippen LogP contribution is 2.49. The van der Waals surface area contributed by atoms with E-state index in [1.807, 2.05) is 42.5 Å². The van der Waals surface area contributed by atoms with E-state index in [2.05, 4.69) is 5.32 Å². The summed E-state index contributed by atoms with van der Waals surface area (Å²) in [4.78, 5) is 13.2. The normalized spacial score (nSPS) is 17.2. The molecule has 0 bridgehead atoms. The summed E-state index contributed by atoms with van der Waals surface area (Å²) in [6.07, 6.45) is 0. The van der Waals surface area contributed by atoms with Gasteiger partial charge in [0.1, 0.15) is 0 Å². The number of ketones is 1. The third kappa shape index (κ3) is 2.59. The zero-order valence-corrected chi connectivity index (χ0v) is 14.7. The fourth-order valence-corrected chi connectivity index (χ4v) is 4.53. The number of halogens is 2. The van der Waals surface area contributed by atoms with Crippen LogP contribution < -0.4 is 5.32 Å². The van der Waals surface area contributed by atoms with Crippen LogP contribution >= 0.6 is 11.8 Å². The number of rotatable bonds is 3. The molecular formula is C21H15F2NOS. The third-order valence-corrected chi connectivity index (χ3v) is 5.85. The molecule has 1 N–H and O–H groups in total. The van der Waals surface area contributed by atoms with Crippen LogP contribution in [-0.2, 0) is 4.79 Å². The van der Waals surface area contributed by atoms with Crippen LogP contribution in [0.1, 0.15) is 16.4 Å². The first kappa shape index (κ1) is 16.8. The van der Waals surface area contributed by atoms with E-state index in [0.29, 0.717) is 5.03 Å². The molecule has 3 aromatic carbocycles. The number of carbonyl (C=O) groups is 1. The molecule has 1 heterocycles. The van der Waals surface area contributed by atoms with Crippen LogP contribution in [0.2, 0.25) is 0 Å². The Labute approximate surface area is 153 Å². The molecule has 0 aliphatic carbocycles. The van der Waals surface area contributed by atoms with Gasteiger partial charge >= 0.3 is 0 Å². The predicted molar refractivity (Wildman–Crippen MR) is 102 cm³/mol. The Morgan fingerprint density at radius 2 is 1.69 bits per heavy atom. The number of thioether (sulfide) groups is 1. The summed E-state index contributed by atoms with van der Waals surface area (Å²) in [6, 6.07) is 17.5. The van der Waals surface area contributed by atoms with E-state index in [0.717, 1.165) is 22.4 Å². The zero-order chi connectivity index (χ0) is 18.3. The summed E-state index contributed by atoms with van der Waals surface area (Å²) in [5.74, 6) is -2.18. The molecule has 1 unspecified atom stereocenters. The highest BCUT2D eigenvalue weighted by Gasteiger charge is 2.37. The molecule has 1 aliphatic rings. The van der Waals surface area contributed by atoms with Crippen molar-refractivity contribution >= 4 is 33.9 Å². The number of fused-ring (bicyclic) bond motifs is 1. The summed E-state index contributed by atoms with van der Waals surface area (Å²) in [6.45, 7) is 0. The molecule has 0 fully saturated rings. The molecule has 0 radical (unpaired) electrons. The lowest BCUT2D eigenvalue weighted by Gasteiger charge is -2.12. The molecule has 26 heavy (non-hydrogen) atoms. The van der Waals surface area contributed by atoms with Crippen molar-refractivity contribution in [1.29, 1.82) is 0 Å². The molecule has 3 aromatic rings. The fraction of sp³-hybridized carbons (Fsp3) is 0.0952. The first-order valence-corrected chi connectivity index (χ1v) is 9.04. The highest BCUT2D eigenvalue weighted by atomic mass is 32.2. The second-order valence-electron chi connectivity index (χ2n) is 5.99. The van der Waals surface area contributed by atoms with Gasteiger partial charge in [-0.1, -0.05) is 66.4 Å². The van der Waals surface area contributed by atoms with Gasteiger partial charge in [0.05, 0.1) is 15.9 Å². The molecule has 0 saturated heterocycles. The SMILES string of the molecule is CNC1=C(c2cccc(F)c2F)C(=O)C(c2cccc3ccccc23)S1. The minimum Gasteiger partial charge on any atom is -0.382 e. The lowest BCUT2D eigenvalue weighted by molar-refractivity contribution is -0.113. The van der Waals surface area contributed by atoms with Crippen LogP contribution in [0.5, 0.6) is 0 Å². The molecule has 0 saturated carbocycles. The number of hydrogen-bond acceptors (Lipinski definition) is 3. The molecule has 4 rings (SSSR count). The molecule has 0 amide bonds. The molecule has 0 spiro atoms. The van der Waals surface area contributed by atoms with E-state index in [1.165, 1.54) is 23.9 Å². The van der Waals surface area contributed by atoms with Gasteiger partial charge in [0.15, 0.2) is 17.4 Å². The largest absolute Gasteiger partial charge is 0.382 e. The van der Waals surface area contributed by atoms with Crippen LogP contribution in [0.15, 0.2) is 65.7 Å². The van der Waals surface area contributed by atoms with Crippen LogP contribution in [0.25, 0.3) is 16.3 Å². The van der Waals surface area contributed by atoms with Gasteiger partial charge in [0.2, 0.25) is 0 Å². The fourth-order valence-electron chi connectivity index (χ4n) is 3.29. The smallest absolute Gasteiger partial charge is 0.184 e. The second kappa shape index (κ2) is 6.57. The molecule has 1 atom stereocenters. The summed E-state index contributed by atoms with van der Waals surface area (Å²) in [5.41, 5.74) is 1.07. The van der Waals surface area contributed by atoms with Crippen molar-refractivity contribution < 1.29 is 13.6 Å². The van der Waals surface area contributed by atoms with Gasteiger partial charge < -0.3 is 5.32 Å². The molecule has 0 aromatic heterocycles. The average molecular weight is 367 g/mol. The topological polar surface area (TPSA) is 29.1 Å². The predicted octanol–water partition coefficient (Wildman–Crippen LogP) is 5.06. The van der Waals surface area contributed by atoms with Crippen molar-refractivity contribution in [2.24, 2.45) is 0 Å². The lowest BCUT2D eigenvalue weighted by atomic mass is 9.94. The number of Topliss-reactive ketones (excluding diaryl/α,β-unsaturated/α-hetero) is 1. The molecule has 5 heteroatoms. The first-order valence-electron chi connectivity index (χ1n) is 8.16. The molecule has 1 aliphatic heterocycles. The maximum atomic E-state index is 14.3.